The van der Waals surface area contributed by atoms with Gasteiger partial charge in [0.1, 0.15) is 22.4 Å². The van der Waals surface area contributed by atoms with Crippen molar-refractivity contribution < 1.29 is 18.4 Å². The highest BCUT2D eigenvalue weighted by molar-refractivity contribution is 7.17. The van der Waals surface area contributed by atoms with Crippen LogP contribution in [0.25, 0.3) is 10.6 Å². The van der Waals surface area contributed by atoms with Crippen LogP contribution in [0.1, 0.15) is 26.1 Å². The molecule has 3 rings (SSSR count). The maximum atomic E-state index is 13.7. The molecule has 2 aromatic heterocycles. The van der Waals surface area contributed by atoms with Crippen LogP contribution in [-0.4, -0.2) is 40.7 Å². The van der Waals surface area contributed by atoms with Crippen molar-refractivity contribution in [1.29, 1.82) is 0 Å². The van der Waals surface area contributed by atoms with Crippen LogP contribution in [0.5, 0.6) is 0 Å². The number of ketones is 1. The third-order valence-corrected chi connectivity index (χ3v) is 5.97. The number of benzene rings is 1. The van der Waals surface area contributed by atoms with Gasteiger partial charge in [-0.3, -0.25) is 9.59 Å². The second-order valence-electron chi connectivity index (χ2n) is 6.35. The summed E-state index contributed by atoms with van der Waals surface area (Å²) in [6, 6.07) is 3.52. The molecular formula is C19H17F2N3O2S2. The van der Waals surface area contributed by atoms with E-state index in [4.69, 9.17) is 0 Å². The van der Waals surface area contributed by atoms with E-state index < -0.39 is 11.6 Å². The number of carbonyl (C=O) groups is 2. The van der Waals surface area contributed by atoms with E-state index in [0.717, 1.165) is 17.0 Å². The van der Waals surface area contributed by atoms with E-state index in [9.17, 15) is 18.4 Å². The lowest BCUT2D eigenvalue weighted by molar-refractivity contribution is -0.117. The van der Waals surface area contributed by atoms with Gasteiger partial charge in [-0.05, 0) is 19.1 Å². The number of nitrogens with zero attached hydrogens (tertiary/aromatic N) is 3. The SMILES string of the molecule is Cc1nc(C(=O)N(C)C)sc1-c1csc(CC(=O)Cc2c(F)cccc2F)n1. The molecule has 3 aromatic rings. The quantitative estimate of drug-likeness (QED) is 0.605. The fraction of sp³-hybridized carbons (Fsp3) is 0.263. The number of carbonyl (C=O) groups excluding carboxylic acids is 2. The zero-order valence-electron chi connectivity index (χ0n) is 15.5. The third kappa shape index (κ3) is 4.31. The fourth-order valence-corrected chi connectivity index (χ4v) is 4.48. The molecule has 0 spiro atoms. The highest BCUT2D eigenvalue weighted by Gasteiger charge is 2.20. The molecular weight excluding hydrogens is 404 g/mol. The molecule has 28 heavy (non-hydrogen) atoms. The number of aryl methyl sites for hydroxylation is 1. The summed E-state index contributed by atoms with van der Waals surface area (Å²) >= 11 is 2.53. The van der Waals surface area contributed by atoms with Gasteiger partial charge in [0.15, 0.2) is 5.01 Å². The lowest BCUT2D eigenvalue weighted by Gasteiger charge is -2.05. The van der Waals surface area contributed by atoms with E-state index in [1.54, 1.807) is 26.4 Å². The number of rotatable bonds is 6. The van der Waals surface area contributed by atoms with E-state index in [1.165, 1.54) is 33.6 Å². The summed E-state index contributed by atoms with van der Waals surface area (Å²) in [5.41, 5.74) is 1.10. The Kier molecular flexibility index (Phi) is 5.95. The first-order valence-electron chi connectivity index (χ1n) is 8.34. The van der Waals surface area contributed by atoms with Crippen LogP contribution in [0, 0.1) is 18.6 Å². The fourth-order valence-electron chi connectivity index (χ4n) is 2.54. The highest BCUT2D eigenvalue weighted by atomic mass is 32.1. The Hall–Kier alpha value is -2.52. The summed E-state index contributed by atoms with van der Waals surface area (Å²) < 4.78 is 27.4. The van der Waals surface area contributed by atoms with Crippen LogP contribution >= 0.6 is 22.7 Å². The Labute approximate surface area is 168 Å². The first-order chi connectivity index (χ1) is 13.3. The molecule has 0 aliphatic heterocycles. The number of thiazole rings is 2. The number of hydrogen-bond donors (Lipinski definition) is 0. The van der Waals surface area contributed by atoms with Gasteiger partial charge in [-0.15, -0.1) is 22.7 Å². The minimum atomic E-state index is -0.730. The molecule has 9 heteroatoms. The highest BCUT2D eigenvalue weighted by Crippen LogP contribution is 2.31. The van der Waals surface area contributed by atoms with Crippen molar-refractivity contribution in [3.8, 4) is 10.6 Å². The Balaban J connectivity index is 1.74. The van der Waals surface area contributed by atoms with Gasteiger partial charge >= 0.3 is 0 Å². The van der Waals surface area contributed by atoms with Crippen LogP contribution < -0.4 is 0 Å². The van der Waals surface area contributed by atoms with Gasteiger partial charge in [-0.1, -0.05) is 6.07 Å². The van der Waals surface area contributed by atoms with Crippen molar-refractivity contribution in [3.63, 3.8) is 0 Å². The lowest BCUT2D eigenvalue weighted by Crippen LogP contribution is -2.21. The minimum Gasteiger partial charge on any atom is -0.343 e. The monoisotopic (exact) mass is 421 g/mol. The summed E-state index contributed by atoms with van der Waals surface area (Å²) in [5, 5.41) is 2.71. The largest absolute Gasteiger partial charge is 0.343 e. The van der Waals surface area contributed by atoms with Crippen LogP contribution in [-0.2, 0) is 17.6 Å². The second kappa shape index (κ2) is 8.24. The van der Waals surface area contributed by atoms with Crippen LogP contribution in [0.4, 0.5) is 8.78 Å². The zero-order valence-corrected chi connectivity index (χ0v) is 17.1. The van der Waals surface area contributed by atoms with E-state index >= 15 is 0 Å². The van der Waals surface area contributed by atoms with Gasteiger partial charge in [0.05, 0.1) is 22.7 Å². The van der Waals surface area contributed by atoms with Crippen molar-refractivity contribution in [3.05, 3.63) is 56.5 Å². The van der Waals surface area contributed by atoms with Gasteiger partial charge in [0.25, 0.3) is 5.91 Å². The van der Waals surface area contributed by atoms with Gasteiger partial charge in [0, 0.05) is 31.5 Å². The molecule has 0 unspecified atom stereocenters. The van der Waals surface area contributed by atoms with Crippen molar-refractivity contribution >= 4 is 34.4 Å². The first kappa shape index (κ1) is 20.2. The molecule has 146 valence electrons. The van der Waals surface area contributed by atoms with Crippen LogP contribution in [0.2, 0.25) is 0 Å². The maximum absolute atomic E-state index is 13.7. The lowest BCUT2D eigenvalue weighted by atomic mass is 10.1. The van der Waals surface area contributed by atoms with Crippen molar-refractivity contribution in [2.24, 2.45) is 0 Å². The summed E-state index contributed by atoms with van der Waals surface area (Å²) in [7, 11) is 3.31. The molecule has 0 saturated carbocycles. The predicted octanol–water partition coefficient (Wildman–Crippen LogP) is 3.91. The summed E-state index contributed by atoms with van der Waals surface area (Å²) in [5.74, 6) is -1.97. The van der Waals surface area contributed by atoms with E-state index in [1.807, 2.05) is 0 Å². The predicted molar refractivity (Wildman–Crippen MR) is 105 cm³/mol. The molecule has 0 fully saturated rings. The van der Waals surface area contributed by atoms with Crippen molar-refractivity contribution in [2.75, 3.05) is 14.1 Å². The molecule has 0 radical (unpaired) electrons. The summed E-state index contributed by atoms with van der Waals surface area (Å²) in [4.78, 5) is 35.3. The van der Waals surface area contributed by atoms with Gasteiger partial charge in [-0.2, -0.15) is 0 Å². The average molecular weight is 421 g/mol. The standard InChI is InChI=1S/C19H17F2N3O2S2/c1-10-17(28-18(22-10)19(26)24(2)3)15-9-27-16(23-15)8-11(25)7-12-13(20)5-4-6-14(12)21/h4-6,9H,7-8H2,1-3H3. The van der Waals surface area contributed by atoms with Crippen LogP contribution in [0.15, 0.2) is 23.6 Å². The molecule has 1 amide bonds. The van der Waals surface area contributed by atoms with E-state index in [-0.39, 0.29) is 30.1 Å². The Morgan fingerprint density at radius 3 is 2.43 bits per heavy atom. The van der Waals surface area contributed by atoms with E-state index in [2.05, 4.69) is 9.97 Å². The molecule has 0 aliphatic rings. The summed E-state index contributed by atoms with van der Waals surface area (Å²) in [6.07, 6.45) is -0.339. The third-order valence-electron chi connectivity index (χ3n) is 3.95. The minimum absolute atomic E-state index is 0.0141. The molecule has 0 bridgehead atoms. The number of amides is 1. The number of Topliss-reactive ketones (excluding diaryl/α,β-unsaturated/α-hetero) is 1. The molecule has 1 aromatic carbocycles. The number of halogens is 2. The van der Waals surface area contributed by atoms with Gasteiger partial charge < -0.3 is 4.90 Å². The summed E-state index contributed by atoms with van der Waals surface area (Å²) in [6.45, 7) is 1.80. The Bertz CT molecular complexity index is 1020. The number of hydrogen-bond acceptors (Lipinski definition) is 6. The van der Waals surface area contributed by atoms with Gasteiger partial charge in [-0.25, -0.2) is 18.7 Å². The molecule has 0 saturated heterocycles. The number of aromatic nitrogens is 2. The van der Waals surface area contributed by atoms with Gasteiger partial charge in [0.2, 0.25) is 0 Å². The Morgan fingerprint density at radius 1 is 1.11 bits per heavy atom. The molecule has 0 N–H and O–H groups in total. The molecule has 0 atom stereocenters. The second-order valence-corrected chi connectivity index (χ2v) is 8.29. The smallest absolute Gasteiger partial charge is 0.282 e. The normalized spacial score (nSPS) is 10.9. The molecule has 0 aliphatic carbocycles. The van der Waals surface area contributed by atoms with E-state index in [0.29, 0.717) is 21.4 Å². The molecule has 5 nitrogen and oxygen atoms in total. The average Bonchev–Trinajstić information content (AvgIpc) is 3.24. The first-order valence-corrected chi connectivity index (χ1v) is 10.0. The molecule has 2 heterocycles. The maximum Gasteiger partial charge on any atom is 0.282 e. The Morgan fingerprint density at radius 2 is 1.79 bits per heavy atom. The van der Waals surface area contributed by atoms with Crippen LogP contribution in [0.3, 0.4) is 0 Å². The zero-order chi connectivity index (χ0) is 20.4. The van der Waals surface area contributed by atoms with Crippen molar-refractivity contribution in [1.82, 2.24) is 14.9 Å². The van der Waals surface area contributed by atoms with Crippen molar-refractivity contribution in [2.45, 2.75) is 19.8 Å². The topological polar surface area (TPSA) is 63.2 Å².